The van der Waals surface area contributed by atoms with E-state index in [0.717, 1.165) is 43.7 Å². The molecule has 0 bridgehead atoms. The van der Waals surface area contributed by atoms with E-state index in [1.54, 1.807) is 11.8 Å². The van der Waals surface area contributed by atoms with E-state index in [0.29, 0.717) is 5.92 Å². The average molecular weight is 633 g/mol. The molecule has 0 unspecified atom stereocenters. The van der Waals surface area contributed by atoms with E-state index < -0.39 is 0 Å². The van der Waals surface area contributed by atoms with Crippen LogP contribution in [-0.4, -0.2) is 15.6 Å². The number of rotatable bonds is 7. The summed E-state index contributed by atoms with van der Waals surface area (Å²) in [6.07, 6.45) is 1.94. The third-order valence-electron chi connectivity index (χ3n) is 8.78. The molecule has 0 spiro atoms. The van der Waals surface area contributed by atoms with Crippen LogP contribution in [0.4, 0.5) is 17.1 Å². The highest BCUT2D eigenvalue weighted by Crippen LogP contribution is 2.44. The number of para-hydroxylation sites is 3. The molecule has 5 nitrogen and oxygen atoms in total. The van der Waals surface area contributed by atoms with Crippen molar-refractivity contribution in [2.45, 2.75) is 49.4 Å². The minimum atomic E-state index is 0.206. The summed E-state index contributed by atoms with van der Waals surface area (Å²) in [6.45, 7) is 8.77. The number of fused-ring (bicyclic) bond motifs is 4. The van der Waals surface area contributed by atoms with E-state index in [1.165, 1.54) is 27.5 Å². The summed E-state index contributed by atoms with van der Waals surface area (Å²) in [5, 5.41) is 6.32. The van der Waals surface area contributed by atoms with E-state index in [2.05, 4.69) is 160 Å². The predicted octanol–water partition coefficient (Wildman–Crippen LogP) is 11.3. The van der Waals surface area contributed by atoms with Crippen LogP contribution in [0.1, 0.15) is 39.2 Å². The van der Waals surface area contributed by atoms with Crippen molar-refractivity contribution in [2.24, 2.45) is 0 Å². The van der Waals surface area contributed by atoms with Gasteiger partial charge in [-0.05, 0) is 97.1 Å². The largest absolute Gasteiger partial charge is 0.294 e. The van der Waals surface area contributed by atoms with Gasteiger partial charge in [-0.25, -0.2) is 10.0 Å². The van der Waals surface area contributed by atoms with Gasteiger partial charge < -0.3 is 0 Å². The van der Waals surface area contributed by atoms with Gasteiger partial charge in [0.15, 0.2) is 0 Å². The Kier molecular flexibility index (Phi) is 7.47. The number of hydroxylamine groups is 1. The lowest BCUT2D eigenvalue weighted by atomic mass is 9.93. The van der Waals surface area contributed by atoms with Gasteiger partial charge >= 0.3 is 0 Å². The molecule has 6 heteroatoms. The maximum absolute atomic E-state index is 6.35. The van der Waals surface area contributed by atoms with Crippen molar-refractivity contribution < 1.29 is 4.94 Å². The molecule has 7 aromatic rings. The smallest absolute Gasteiger partial charge is 0.138 e. The van der Waals surface area contributed by atoms with Gasteiger partial charge in [0.1, 0.15) is 5.82 Å². The molecule has 0 radical (unpaired) electrons. The molecular weight excluding hydrogens is 597 g/mol. The Morgan fingerprint density at radius 2 is 1.38 bits per heavy atom. The maximum Gasteiger partial charge on any atom is 0.138 e. The van der Waals surface area contributed by atoms with Crippen molar-refractivity contribution >= 4 is 50.6 Å². The van der Waals surface area contributed by atoms with Gasteiger partial charge in [0.25, 0.3) is 0 Å². The second kappa shape index (κ2) is 12.0. The van der Waals surface area contributed by atoms with Crippen molar-refractivity contribution in [3.05, 3.63) is 139 Å². The molecule has 0 aliphatic carbocycles. The zero-order valence-electron chi connectivity index (χ0n) is 27.0. The Bertz CT molecular complexity index is 2250. The molecule has 0 saturated heterocycles. The van der Waals surface area contributed by atoms with Crippen LogP contribution in [0.2, 0.25) is 0 Å². The standard InChI is InChI=1S/C41H36N4OS/c1-27(2)33-14-5-6-15-34(33)29-22-23-42-41(24-29)43-37-17-8-7-16-35(37)36-21-20-32(26-40(36)43)47-31-13-11-12-30(25-31)45-39-19-10-9-18-38(39)44(46-45)28(3)4/h5-28H,1-4H3. The normalized spacial score (nSPS) is 13.0. The summed E-state index contributed by atoms with van der Waals surface area (Å²) >= 11 is 1.75. The van der Waals surface area contributed by atoms with Gasteiger partial charge in [-0.2, -0.15) is 5.06 Å². The zero-order chi connectivity index (χ0) is 32.1. The molecule has 1 aliphatic heterocycles. The molecule has 0 fully saturated rings. The van der Waals surface area contributed by atoms with Crippen molar-refractivity contribution in [1.29, 1.82) is 0 Å². The Balaban J connectivity index is 1.19. The van der Waals surface area contributed by atoms with Crippen LogP contribution in [0.15, 0.2) is 143 Å². The lowest BCUT2D eigenvalue weighted by Crippen LogP contribution is -2.30. The first kappa shape index (κ1) is 29.4. The number of pyridine rings is 1. The zero-order valence-corrected chi connectivity index (χ0v) is 27.8. The average Bonchev–Trinajstić information content (AvgIpc) is 3.65. The number of hydrogen-bond donors (Lipinski definition) is 0. The van der Waals surface area contributed by atoms with Crippen molar-refractivity contribution in [3.63, 3.8) is 0 Å². The highest BCUT2D eigenvalue weighted by molar-refractivity contribution is 7.99. The molecule has 8 rings (SSSR count). The van der Waals surface area contributed by atoms with E-state index in [9.17, 15) is 0 Å². The van der Waals surface area contributed by atoms with Gasteiger partial charge in [0.05, 0.1) is 34.1 Å². The highest BCUT2D eigenvalue weighted by atomic mass is 32.2. The van der Waals surface area contributed by atoms with Gasteiger partial charge in [-0.1, -0.05) is 92.3 Å². The number of nitrogens with zero attached hydrogens (tertiary/aromatic N) is 4. The van der Waals surface area contributed by atoms with E-state index in [-0.39, 0.29) is 6.04 Å². The number of anilines is 3. The molecule has 47 heavy (non-hydrogen) atoms. The van der Waals surface area contributed by atoms with Crippen molar-refractivity contribution in [3.8, 4) is 16.9 Å². The fourth-order valence-corrected chi connectivity index (χ4v) is 7.50. The first-order chi connectivity index (χ1) is 23.0. The monoisotopic (exact) mass is 632 g/mol. The van der Waals surface area contributed by atoms with Crippen LogP contribution in [0.3, 0.4) is 0 Å². The van der Waals surface area contributed by atoms with Crippen molar-refractivity contribution in [2.75, 3.05) is 10.1 Å². The Hall–Kier alpha value is -5.04. The van der Waals surface area contributed by atoms with Crippen molar-refractivity contribution in [1.82, 2.24) is 9.55 Å². The second-order valence-electron chi connectivity index (χ2n) is 12.6. The number of benzene rings is 5. The Morgan fingerprint density at radius 3 is 2.23 bits per heavy atom. The van der Waals surface area contributed by atoms with Crippen LogP contribution in [0.25, 0.3) is 38.8 Å². The molecule has 0 atom stereocenters. The Morgan fingerprint density at radius 1 is 0.638 bits per heavy atom. The fraction of sp³-hybridized carbons (Fsp3) is 0.146. The van der Waals surface area contributed by atoms with E-state index in [1.807, 2.05) is 16.3 Å². The maximum atomic E-state index is 6.35. The predicted molar refractivity (Wildman–Crippen MR) is 196 cm³/mol. The minimum absolute atomic E-state index is 0.206. The first-order valence-electron chi connectivity index (χ1n) is 16.2. The molecule has 1 aliphatic rings. The van der Waals surface area contributed by atoms with Crippen LogP contribution >= 0.6 is 11.8 Å². The number of aromatic nitrogens is 2. The lowest BCUT2D eigenvalue weighted by Gasteiger charge is -2.23. The summed E-state index contributed by atoms with van der Waals surface area (Å²) in [5.41, 5.74) is 9.16. The number of hydrogen-bond acceptors (Lipinski definition) is 5. The second-order valence-corrected chi connectivity index (χ2v) is 13.7. The highest BCUT2D eigenvalue weighted by Gasteiger charge is 2.30. The van der Waals surface area contributed by atoms with E-state index in [4.69, 9.17) is 9.92 Å². The van der Waals surface area contributed by atoms with Gasteiger partial charge in [0.2, 0.25) is 0 Å². The molecule has 2 aromatic heterocycles. The molecule has 3 heterocycles. The molecule has 232 valence electrons. The van der Waals surface area contributed by atoms with E-state index >= 15 is 0 Å². The fourth-order valence-electron chi connectivity index (χ4n) is 6.60. The molecule has 5 aromatic carbocycles. The summed E-state index contributed by atoms with van der Waals surface area (Å²) in [6, 6.07) is 45.5. The van der Waals surface area contributed by atoms with Crippen LogP contribution in [-0.2, 0) is 4.94 Å². The Labute approximate surface area is 280 Å². The topological polar surface area (TPSA) is 33.5 Å². The summed E-state index contributed by atoms with van der Waals surface area (Å²) in [5.74, 6) is 1.34. The van der Waals surface area contributed by atoms with Crippen LogP contribution in [0.5, 0.6) is 0 Å². The quantitative estimate of drug-likeness (QED) is 0.175. The van der Waals surface area contributed by atoms with Crippen LogP contribution in [0, 0.1) is 0 Å². The molecule has 0 saturated carbocycles. The first-order valence-corrected chi connectivity index (χ1v) is 17.0. The summed E-state index contributed by atoms with van der Waals surface area (Å²) in [7, 11) is 0. The third-order valence-corrected chi connectivity index (χ3v) is 9.76. The third kappa shape index (κ3) is 5.24. The van der Waals surface area contributed by atoms with Crippen LogP contribution < -0.4 is 10.1 Å². The minimum Gasteiger partial charge on any atom is -0.294 e. The summed E-state index contributed by atoms with van der Waals surface area (Å²) in [4.78, 5) is 13.6. The lowest BCUT2D eigenvalue weighted by molar-refractivity contribution is 0.112. The SMILES string of the molecule is CC(C)c1ccccc1-c1ccnc(-n2c3ccccc3c3ccc(Sc4cccc(N5ON(C(C)C)c6ccccc65)c4)cc32)c1. The van der Waals surface area contributed by atoms with Gasteiger partial charge in [-0.15, -0.1) is 4.94 Å². The molecule has 0 N–H and O–H groups in total. The van der Waals surface area contributed by atoms with Gasteiger partial charge in [0, 0.05) is 26.8 Å². The molecular formula is C41H36N4OS. The molecule has 0 amide bonds. The van der Waals surface area contributed by atoms with Gasteiger partial charge in [-0.3, -0.25) is 4.57 Å². The summed E-state index contributed by atoms with van der Waals surface area (Å²) < 4.78 is 2.31.